The number of amides is 2. The molecule has 3 aromatic carbocycles. The van der Waals surface area contributed by atoms with Crippen molar-refractivity contribution in [3.63, 3.8) is 0 Å². The molecule has 0 saturated heterocycles. The van der Waals surface area contributed by atoms with Crippen LogP contribution >= 0.6 is 0 Å². The van der Waals surface area contributed by atoms with Crippen LogP contribution in [0.25, 0.3) is 11.1 Å². The SMILES string of the molecule is COC(=O)c1cc(F)cc(-c2ccc(N3C(=O)c4ccccc4C3=O)cc2)c1. The Bertz CT molecular complexity index is 1090. The molecule has 0 saturated carbocycles. The number of carbonyl (C=O) groups is 3. The van der Waals surface area contributed by atoms with Crippen LogP contribution < -0.4 is 4.90 Å². The summed E-state index contributed by atoms with van der Waals surface area (Å²) < 4.78 is 18.5. The second-order valence-corrected chi connectivity index (χ2v) is 6.26. The van der Waals surface area contributed by atoms with Crippen LogP contribution in [0, 0.1) is 5.82 Å². The maximum Gasteiger partial charge on any atom is 0.337 e. The van der Waals surface area contributed by atoms with E-state index in [0.717, 1.165) is 11.0 Å². The van der Waals surface area contributed by atoms with Crippen LogP contribution in [0.15, 0.2) is 66.7 Å². The molecule has 3 aromatic rings. The van der Waals surface area contributed by atoms with Crippen molar-refractivity contribution in [1.82, 2.24) is 0 Å². The molecule has 2 amide bonds. The Hall–Kier alpha value is -3.80. The zero-order valence-corrected chi connectivity index (χ0v) is 14.8. The second-order valence-electron chi connectivity index (χ2n) is 6.26. The van der Waals surface area contributed by atoms with E-state index in [1.807, 2.05) is 0 Å². The van der Waals surface area contributed by atoms with Crippen molar-refractivity contribution in [2.75, 3.05) is 12.0 Å². The highest BCUT2D eigenvalue weighted by atomic mass is 19.1. The fourth-order valence-electron chi connectivity index (χ4n) is 3.22. The summed E-state index contributed by atoms with van der Waals surface area (Å²) in [7, 11) is 1.23. The second kappa shape index (κ2) is 6.74. The normalized spacial score (nSPS) is 12.9. The van der Waals surface area contributed by atoms with E-state index < -0.39 is 11.8 Å². The van der Waals surface area contributed by atoms with Crippen LogP contribution in [0.2, 0.25) is 0 Å². The number of rotatable bonds is 3. The van der Waals surface area contributed by atoms with Gasteiger partial charge in [-0.1, -0.05) is 24.3 Å². The molecule has 0 radical (unpaired) electrons. The average molecular weight is 375 g/mol. The third kappa shape index (κ3) is 2.85. The number of hydrogen-bond donors (Lipinski definition) is 0. The highest BCUT2D eigenvalue weighted by Crippen LogP contribution is 2.30. The highest BCUT2D eigenvalue weighted by molar-refractivity contribution is 6.34. The van der Waals surface area contributed by atoms with E-state index in [2.05, 4.69) is 4.74 Å². The Morgan fingerprint density at radius 2 is 1.46 bits per heavy atom. The lowest BCUT2D eigenvalue weighted by Crippen LogP contribution is -2.29. The number of benzene rings is 3. The van der Waals surface area contributed by atoms with E-state index >= 15 is 0 Å². The number of imide groups is 1. The van der Waals surface area contributed by atoms with E-state index in [9.17, 15) is 18.8 Å². The van der Waals surface area contributed by atoms with Crippen LogP contribution in [-0.4, -0.2) is 24.9 Å². The van der Waals surface area contributed by atoms with Crippen molar-refractivity contribution in [2.24, 2.45) is 0 Å². The summed E-state index contributed by atoms with van der Waals surface area (Å²) >= 11 is 0. The number of fused-ring (bicyclic) bond motifs is 1. The van der Waals surface area contributed by atoms with E-state index in [-0.39, 0.29) is 17.4 Å². The van der Waals surface area contributed by atoms with Gasteiger partial charge in [-0.2, -0.15) is 0 Å². The van der Waals surface area contributed by atoms with Crippen molar-refractivity contribution in [1.29, 1.82) is 0 Å². The predicted molar refractivity (Wildman–Crippen MR) is 101 cm³/mol. The van der Waals surface area contributed by atoms with Crippen LogP contribution in [0.1, 0.15) is 31.1 Å². The summed E-state index contributed by atoms with van der Waals surface area (Å²) in [5.41, 5.74) is 2.36. The van der Waals surface area contributed by atoms with Gasteiger partial charge in [0.1, 0.15) is 5.82 Å². The number of anilines is 1. The minimum absolute atomic E-state index is 0.0990. The molecule has 5 nitrogen and oxygen atoms in total. The first kappa shape index (κ1) is 17.6. The van der Waals surface area contributed by atoms with Gasteiger partial charge in [0.15, 0.2) is 0 Å². The van der Waals surface area contributed by atoms with Gasteiger partial charge in [0.05, 0.1) is 29.5 Å². The summed E-state index contributed by atoms with van der Waals surface area (Å²) in [5.74, 6) is -1.97. The van der Waals surface area contributed by atoms with Crippen molar-refractivity contribution in [3.8, 4) is 11.1 Å². The number of ether oxygens (including phenoxy) is 1. The molecule has 28 heavy (non-hydrogen) atoms. The average Bonchev–Trinajstić information content (AvgIpc) is 2.98. The van der Waals surface area contributed by atoms with Gasteiger partial charge in [0, 0.05) is 0 Å². The molecular formula is C22H14FNO4. The zero-order chi connectivity index (χ0) is 19.8. The number of carbonyl (C=O) groups excluding carboxylic acids is 3. The van der Waals surface area contributed by atoms with Crippen molar-refractivity contribution in [2.45, 2.75) is 0 Å². The summed E-state index contributed by atoms with van der Waals surface area (Å²) in [6.07, 6.45) is 0. The lowest BCUT2D eigenvalue weighted by molar-refractivity contribution is 0.0600. The first-order valence-corrected chi connectivity index (χ1v) is 8.47. The number of nitrogens with zero attached hydrogens (tertiary/aromatic N) is 1. The van der Waals surface area contributed by atoms with Crippen LogP contribution in [-0.2, 0) is 4.74 Å². The number of halogens is 1. The van der Waals surface area contributed by atoms with Gasteiger partial charge in [-0.3, -0.25) is 9.59 Å². The van der Waals surface area contributed by atoms with Gasteiger partial charge in [-0.15, -0.1) is 0 Å². The first-order chi connectivity index (χ1) is 13.5. The van der Waals surface area contributed by atoms with Gasteiger partial charge in [0.25, 0.3) is 11.8 Å². The Morgan fingerprint density at radius 3 is 2.04 bits per heavy atom. The Morgan fingerprint density at radius 1 is 0.857 bits per heavy atom. The standard InChI is InChI=1S/C22H14FNO4/c1-28-22(27)15-10-14(11-16(23)12-15)13-6-8-17(9-7-13)24-20(25)18-4-2-3-5-19(18)21(24)26/h2-12H,1H3. The Balaban J connectivity index is 1.68. The van der Waals surface area contributed by atoms with Gasteiger partial charge in [-0.25, -0.2) is 14.1 Å². The van der Waals surface area contributed by atoms with E-state index in [0.29, 0.717) is 27.9 Å². The number of hydrogen-bond acceptors (Lipinski definition) is 4. The molecule has 0 N–H and O–H groups in total. The van der Waals surface area contributed by atoms with Gasteiger partial charge in [-0.05, 0) is 53.6 Å². The molecule has 1 heterocycles. The molecule has 138 valence electrons. The summed E-state index contributed by atoms with van der Waals surface area (Å²) in [6, 6.07) is 17.1. The number of esters is 1. The van der Waals surface area contributed by atoms with Crippen molar-refractivity contribution < 1.29 is 23.5 Å². The monoisotopic (exact) mass is 375 g/mol. The van der Waals surface area contributed by atoms with Crippen molar-refractivity contribution in [3.05, 3.63) is 89.2 Å². The Labute approximate surface area is 160 Å². The molecule has 0 aliphatic carbocycles. The molecule has 6 heteroatoms. The quantitative estimate of drug-likeness (QED) is 0.511. The number of methoxy groups -OCH3 is 1. The molecule has 0 atom stereocenters. The minimum Gasteiger partial charge on any atom is -0.465 e. The summed E-state index contributed by atoms with van der Waals surface area (Å²) in [6.45, 7) is 0. The molecule has 0 aromatic heterocycles. The smallest absolute Gasteiger partial charge is 0.337 e. The molecule has 1 aliphatic rings. The van der Waals surface area contributed by atoms with Gasteiger partial charge in [0.2, 0.25) is 0 Å². The summed E-state index contributed by atoms with van der Waals surface area (Å²) in [5, 5.41) is 0. The third-order valence-electron chi connectivity index (χ3n) is 4.57. The van der Waals surface area contributed by atoms with Gasteiger partial charge >= 0.3 is 5.97 Å². The first-order valence-electron chi connectivity index (χ1n) is 8.47. The summed E-state index contributed by atoms with van der Waals surface area (Å²) in [4.78, 5) is 37.9. The molecule has 4 rings (SSSR count). The maximum atomic E-state index is 13.9. The highest BCUT2D eigenvalue weighted by Gasteiger charge is 2.36. The third-order valence-corrected chi connectivity index (χ3v) is 4.57. The lowest BCUT2D eigenvalue weighted by Gasteiger charge is -2.14. The van der Waals surface area contributed by atoms with Crippen LogP contribution in [0.4, 0.5) is 10.1 Å². The maximum absolute atomic E-state index is 13.9. The predicted octanol–water partition coefficient (Wildman–Crippen LogP) is 4.08. The van der Waals surface area contributed by atoms with E-state index in [1.54, 1.807) is 48.5 Å². The minimum atomic E-state index is -0.636. The van der Waals surface area contributed by atoms with Crippen molar-refractivity contribution >= 4 is 23.5 Å². The molecule has 0 spiro atoms. The molecule has 0 unspecified atom stereocenters. The molecule has 1 aliphatic heterocycles. The molecule has 0 bridgehead atoms. The topological polar surface area (TPSA) is 63.7 Å². The van der Waals surface area contributed by atoms with Gasteiger partial charge < -0.3 is 4.74 Å². The molecule has 0 fully saturated rings. The molecular weight excluding hydrogens is 361 g/mol. The fraction of sp³-hybridized carbons (Fsp3) is 0.0455. The van der Waals surface area contributed by atoms with E-state index in [4.69, 9.17) is 0 Å². The fourth-order valence-corrected chi connectivity index (χ4v) is 3.22. The van der Waals surface area contributed by atoms with Crippen LogP contribution in [0.3, 0.4) is 0 Å². The lowest BCUT2D eigenvalue weighted by atomic mass is 10.0. The zero-order valence-electron chi connectivity index (χ0n) is 14.8. The van der Waals surface area contributed by atoms with E-state index in [1.165, 1.54) is 19.2 Å². The Kier molecular flexibility index (Phi) is 4.24. The largest absolute Gasteiger partial charge is 0.465 e. The van der Waals surface area contributed by atoms with Crippen LogP contribution in [0.5, 0.6) is 0 Å².